The second kappa shape index (κ2) is 8.17. The lowest BCUT2D eigenvalue weighted by atomic mass is 10.0. The minimum Gasteiger partial charge on any atom is -0.465 e. The molecule has 2 aromatic heterocycles. The first-order valence-corrected chi connectivity index (χ1v) is 9.29. The van der Waals surface area contributed by atoms with Crippen LogP contribution in [0.1, 0.15) is 30.5 Å². The second-order valence-electron chi connectivity index (χ2n) is 6.27. The van der Waals surface area contributed by atoms with Gasteiger partial charge in [-0.15, -0.1) is 11.3 Å². The van der Waals surface area contributed by atoms with Crippen LogP contribution in [-0.4, -0.2) is 48.5 Å². The number of esters is 1. The Hall–Kier alpha value is -3.62. The molecule has 10 heteroatoms. The van der Waals surface area contributed by atoms with E-state index in [1.54, 1.807) is 44.4 Å². The molecule has 9 nitrogen and oxygen atoms in total. The molecule has 29 heavy (non-hydrogen) atoms. The Morgan fingerprint density at radius 3 is 2.62 bits per heavy atom. The quantitative estimate of drug-likeness (QED) is 0.207. The maximum atomic E-state index is 13.2. The summed E-state index contributed by atoms with van der Waals surface area (Å²) in [6.45, 7) is 0.142. The number of carbonyl (C=O) groups excluding carboxylic acids is 3. The molecule has 1 amide bonds. The topological polar surface area (TPSA) is 117 Å². The first-order chi connectivity index (χ1) is 13.9. The van der Waals surface area contributed by atoms with Crippen molar-refractivity contribution in [3.8, 4) is 0 Å². The number of carbonyl (C=O) groups is 3. The summed E-state index contributed by atoms with van der Waals surface area (Å²) in [5, 5.41) is 3.85. The normalized spacial score (nSPS) is 10.4. The van der Waals surface area contributed by atoms with E-state index >= 15 is 0 Å². The first-order valence-electron chi connectivity index (χ1n) is 8.47. The third-order valence-corrected chi connectivity index (χ3v) is 5.31. The molecule has 2 heterocycles. The number of ketones is 1. The molecule has 0 radical (unpaired) electrons. The molecule has 0 aliphatic heterocycles. The first kappa shape index (κ1) is 20.1. The van der Waals surface area contributed by atoms with Crippen LogP contribution in [0.5, 0.6) is 0 Å². The predicted molar refractivity (Wildman–Crippen MR) is 108 cm³/mol. The summed E-state index contributed by atoms with van der Waals surface area (Å²) in [4.78, 5) is 43.4. The van der Waals surface area contributed by atoms with Gasteiger partial charge in [0.05, 0.1) is 35.2 Å². The monoisotopic (exact) mass is 411 g/mol. The molecule has 148 valence electrons. The van der Waals surface area contributed by atoms with Gasteiger partial charge >= 0.3 is 12.0 Å². The number of azide groups is 1. The number of ether oxygens (including phenoxy) is 1. The maximum absolute atomic E-state index is 13.2. The number of amides is 1. The largest absolute Gasteiger partial charge is 0.465 e. The molecule has 1 aromatic carbocycles. The Morgan fingerprint density at radius 1 is 1.21 bits per heavy atom. The van der Waals surface area contributed by atoms with Crippen molar-refractivity contribution in [2.24, 2.45) is 5.11 Å². The molecular formula is C19H17N5O4S. The molecule has 0 unspecified atom stereocenters. The maximum Gasteiger partial charge on any atom is 0.338 e. The van der Waals surface area contributed by atoms with E-state index in [0.29, 0.717) is 15.8 Å². The summed E-state index contributed by atoms with van der Waals surface area (Å²) in [7, 11) is 4.45. The molecule has 0 fully saturated rings. The molecule has 0 aliphatic carbocycles. The Kier molecular flexibility index (Phi) is 5.67. The van der Waals surface area contributed by atoms with E-state index in [2.05, 4.69) is 10.0 Å². The predicted octanol–water partition coefficient (Wildman–Crippen LogP) is 4.06. The van der Waals surface area contributed by atoms with Crippen molar-refractivity contribution in [3.05, 3.63) is 67.9 Å². The fraction of sp³-hybridized carbons (Fsp3) is 0.211. The molecule has 0 N–H and O–H groups in total. The fourth-order valence-corrected chi connectivity index (χ4v) is 3.81. The number of methoxy groups -OCH3 is 1. The highest BCUT2D eigenvalue weighted by atomic mass is 32.1. The Morgan fingerprint density at radius 2 is 1.97 bits per heavy atom. The number of thiophene rings is 1. The van der Waals surface area contributed by atoms with Crippen LogP contribution in [0.3, 0.4) is 0 Å². The van der Waals surface area contributed by atoms with Crippen LogP contribution in [0.4, 0.5) is 4.79 Å². The summed E-state index contributed by atoms with van der Waals surface area (Å²) in [5.41, 5.74) is 9.31. The number of rotatable bonds is 5. The zero-order chi connectivity index (χ0) is 21.1. The average molecular weight is 411 g/mol. The molecule has 0 atom stereocenters. The SMILES string of the molecule is COC(=O)c1cccc2c1c(C(=O)c1ccc(CN=[N+]=[N-])s1)cn2C(=O)N(C)C. The highest BCUT2D eigenvalue weighted by Crippen LogP contribution is 2.30. The molecule has 0 bridgehead atoms. The minimum atomic E-state index is -0.602. The lowest BCUT2D eigenvalue weighted by Gasteiger charge is -2.11. The lowest BCUT2D eigenvalue weighted by Crippen LogP contribution is -2.26. The number of aromatic nitrogens is 1. The van der Waals surface area contributed by atoms with Gasteiger partial charge < -0.3 is 9.64 Å². The zero-order valence-electron chi connectivity index (χ0n) is 15.9. The smallest absolute Gasteiger partial charge is 0.338 e. The highest BCUT2D eigenvalue weighted by Gasteiger charge is 2.25. The number of hydrogen-bond donors (Lipinski definition) is 0. The minimum absolute atomic E-state index is 0.142. The lowest BCUT2D eigenvalue weighted by molar-refractivity contribution is 0.0603. The molecule has 0 aliphatic rings. The number of fused-ring (bicyclic) bond motifs is 1. The van der Waals surface area contributed by atoms with Crippen molar-refractivity contribution in [1.29, 1.82) is 0 Å². The summed E-state index contributed by atoms with van der Waals surface area (Å²) in [6.07, 6.45) is 1.44. The van der Waals surface area contributed by atoms with E-state index in [-0.39, 0.29) is 29.5 Å². The van der Waals surface area contributed by atoms with E-state index < -0.39 is 5.97 Å². The molecular weight excluding hydrogens is 394 g/mol. The van der Waals surface area contributed by atoms with Crippen molar-refractivity contribution in [3.63, 3.8) is 0 Å². The van der Waals surface area contributed by atoms with Crippen LogP contribution >= 0.6 is 11.3 Å². The van der Waals surface area contributed by atoms with Gasteiger partial charge in [-0.1, -0.05) is 11.2 Å². The van der Waals surface area contributed by atoms with E-state index in [0.717, 1.165) is 4.88 Å². The second-order valence-corrected chi connectivity index (χ2v) is 7.43. The van der Waals surface area contributed by atoms with Crippen LogP contribution < -0.4 is 0 Å². The van der Waals surface area contributed by atoms with E-state index in [1.807, 2.05) is 0 Å². The third kappa shape index (κ3) is 3.71. The summed E-state index contributed by atoms with van der Waals surface area (Å²) >= 11 is 1.19. The fourth-order valence-electron chi connectivity index (χ4n) is 2.93. The van der Waals surface area contributed by atoms with Gasteiger partial charge in [0.2, 0.25) is 5.78 Å². The van der Waals surface area contributed by atoms with Crippen LogP contribution in [0.2, 0.25) is 0 Å². The van der Waals surface area contributed by atoms with Crippen molar-refractivity contribution in [2.45, 2.75) is 6.54 Å². The number of nitrogens with zero attached hydrogens (tertiary/aromatic N) is 5. The van der Waals surface area contributed by atoms with Gasteiger partial charge in [0.25, 0.3) is 0 Å². The standard InChI is InChI=1S/C19H17N5O4S/c1-23(2)19(27)24-10-13(16-12(18(26)28-3)5-4-6-14(16)24)17(25)15-8-7-11(29-15)9-21-22-20/h4-8,10H,9H2,1-3H3. The van der Waals surface area contributed by atoms with Crippen LogP contribution in [0.15, 0.2) is 41.6 Å². The van der Waals surface area contributed by atoms with Gasteiger partial charge in [0.1, 0.15) is 0 Å². The summed E-state index contributed by atoms with van der Waals surface area (Å²) < 4.78 is 6.19. The zero-order valence-corrected chi connectivity index (χ0v) is 16.8. The van der Waals surface area contributed by atoms with Gasteiger partial charge in [-0.25, -0.2) is 9.59 Å². The number of hydrogen-bond acceptors (Lipinski definition) is 6. The van der Waals surface area contributed by atoms with E-state index in [9.17, 15) is 14.4 Å². The molecule has 3 aromatic rings. The van der Waals surface area contributed by atoms with Crippen molar-refractivity contribution >= 4 is 40.0 Å². The molecule has 0 spiro atoms. The number of benzene rings is 1. The van der Waals surface area contributed by atoms with Crippen LogP contribution in [-0.2, 0) is 11.3 Å². The molecule has 0 saturated heterocycles. The van der Waals surface area contributed by atoms with Crippen molar-refractivity contribution in [2.75, 3.05) is 21.2 Å². The van der Waals surface area contributed by atoms with Gasteiger partial charge in [-0.3, -0.25) is 9.36 Å². The Balaban J connectivity index is 2.21. The highest BCUT2D eigenvalue weighted by molar-refractivity contribution is 7.14. The van der Waals surface area contributed by atoms with Crippen LogP contribution in [0.25, 0.3) is 21.3 Å². The van der Waals surface area contributed by atoms with Gasteiger partial charge in [0, 0.05) is 35.5 Å². The molecule has 3 rings (SSSR count). The Labute approximate surface area is 169 Å². The van der Waals surface area contributed by atoms with E-state index in [1.165, 1.54) is 34.1 Å². The van der Waals surface area contributed by atoms with Gasteiger partial charge in [-0.05, 0) is 29.8 Å². The summed E-state index contributed by atoms with van der Waals surface area (Å²) in [6, 6.07) is 7.83. The van der Waals surface area contributed by atoms with Crippen molar-refractivity contribution in [1.82, 2.24) is 9.47 Å². The third-order valence-electron chi connectivity index (χ3n) is 4.24. The van der Waals surface area contributed by atoms with Crippen molar-refractivity contribution < 1.29 is 19.1 Å². The van der Waals surface area contributed by atoms with Gasteiger partial charge in [-0.2, -0.15) is 0 Å². The Bertz CT molecular complexity index is 1170. The van der Waals surface area contributed by atoms with E-state index in [4.69, 9.17) is 10.3 Å². The summed E-state index contributed by atoms with van der Waals surface area (Å²) in [5.74, 6) is -0.941. The average Bonchev–Trinajstić information content (AvgIpc) is 3.35. The van der Waals surface area contributed by atoms with Crippen LogP contribution in [0, 0.1) is 0 Å². The molecule has 0 saturated carbocycles. The van der Waals surface area contributed by atoms with Gasteiger partial charge in [0.15, 0.2) is 0 Å².